The fraction of sp³-hybridized carbons (Fsp3) is 0.917. The lowest BCUT2D eigenvalue weighted by Gasteiger charge is -2.33. The summed E-state index contributed by atoms with van der Waals surface area (Å²) in [7, 11) is -3.43. The molecule has 0 atom stereocenters. The van der Waals surface area contributed by atoms with Crippen molar-refractivity contribution in [2.45, 2.75) is 52.0 Å². The van der Waals surface area contributed by atoms with Crippen LogP contribution in [0, 0.1) is 5.92 Å². The maximum absolute atomic E-state index is 12.1. The Balaban J connectivity index is 2.47. The van der Waals surface area contributed by atoms with Gasteiger partial charge in [-0.1, -0.05) is 0 Å². The standard InChI is InChI=1S/C12H24N2O4S/c1-12(2,3)13-19(17,18)14-8-6-10(7-9-14)4-5-11(15)16/h10,13H,4-9H2,1-3H3,(H,15,16). The molecule has 0 spiro atoms. The average molecular weight is 292 g/mol. The zero-order chi connectivity index (χ0) is 14.7. The van der Waals surface area contributed by atoms with Crippen molar-refractivity contribution in [3.63, 3.8) is 0 Å². The maximum Gasteiger partial charge on any atom is 0.303 e. The van der Waals surface area contributed by atoms with Crippen LogP contribution in [-0.4, -0.2) is 42.4 Å². The van der Waals surface area contributed by atoms with Gasteiger partial charge in [0.2, 0.25) is 0 Å². The third kappa shape index (κ3) is 5.88. The van der Waals surface area contributed by atoms with E-state index in [9.17, 15) is 13.2 Å². The summed E-state index contributed by atoms with van der Waals surface area (Å²) in [4.78, 5) is 10.5. The first-order valence-electron chi connectivity index (χ1n) is 6.61. The molecule has 1 rings (SSSR count). The van der Waals surface area contributed by atoms with Gasteiger partial charge >= 0.3 is 5.97 Å². The molecular weight excluding hydrogens is 268 g/mol. The second-order valence-corrected chi connectivity index (χ2v) is 7.80. The van der Waals surface area contributed by atoms with E-state index in [0.29, 0.717) is 25.4 Å². The molecule has 0 aromatic heterocycles. The lowest BCUT2D eigenvalue weighted by Crippen LogP contribution is -2.51. The highest BCUT2D eigenvalue weighted by Crippen LogP contribution is 2.23. The molecule has 0 radical (unpaired) electrons. The van der Waals surface area contributed by atoms with Crippen LogP contribution in [0.5, 0.6) is 0 Å². The van der Waals surface area contributed by atoms with Crippen molar-refractivity contribution in [3.05, 3.63) is 0 Å². The number of nitrogens with one attached hydrogen (secondary N) is 1. The van der Waals surface area contributed by atoms with Crippen LogP contribution in [-0.2, 0) is 15.0 Å². The third-order valence-electron chi connectivity index (χ3n) is 3.12. The summed E-state index contributed by atoms with van der Waals surface area (Å²) in [6.07, 6.45) is 2.27. The average Bonchev–Trinajstić information content (AvgIpc) is 2.23. The van der Waals surface area contributed by atoms with Gasteiger partial charge in [0.25, 0.3) is 10.2 Å². The summed E-state index contributed by atoms with van der Waals surface area (Å²) < 4.78 is 28.3. The van der Waals surface area contributed by atoms with Gasteiger partial charge in [-0.15, -0.1) is 0 Å². The van der Waals surface area contributed by atoms with E-state index in [1.54, 1.807) is 0 Å². The van der Waals surface area contributed by atoms with Crippen LogP contribution in [0.15, 0.2) is 0 Å². The maximum atomic E-state index is 12.1. The van der Waals surface area contributed by atoms with Crippen LogP contribution in [0.25, 0.3) is 0 Å². The molecular formula is C12H24N2O4S. The number of hydrogen-bond acceptors (Lipinski definition) is 3. The number of hydrogen-bond donors (Lipinski definition) is 2. The first kappa shape index (κ1) is 16.4. The van der Waals surface area contributed by atoms with Crippen molar-refractivity contribution in [1.82, 2.24) is 9.03 Å². The van der Waals surface area contributed by atoms with Crippen LogP contribution < -0.4 is 4.72 Å². The highest BCUT2D eigenvalue weighted by atomic mass is 32.2. The lowest BCUT2D eigenvalue weighted by atomic mass is 9.93. The normalized spacial score (nSPS) is 19.5. The Bertz CT molecular complexity index is 406. The van der Waals surface area contributed by atoms with Crippen molar-refractivity contribution in [1.29, 1.82) is 0 Å². The van der Waals surface area contributed by atoms with Gasteiger partial charge in [0, 0.05) is 25.0 Å². The number of carboxylic acids is 1. The molecule has 0 aromatic rings. The summed E-state index contributed by atoms with van der Waals surface area (Å²) in [5.41, 5.74) is -0.487. The monoisotopic (exact) mass is 292 g/mol. The summed E-state index contributed by atoms with van der Waals surface area (Å²) in [6.45, 7) is 6.36. The molecule has 1 saturated heterocycles. The first-order chi connectivity index (χ1) is 8.60. The lowest BCUT2D eigenvalue weighted by molar-refractivity contribution is -0.137. The highest BCUT2D eigenvalue weighted by molar-refractivity contribution is 7.87. The van der Waals surface area contributed by atoms with E-state index < -0.39 is 21.7 Å². The number of carbonyl (C=O) groups is 1. The number of rotatable bonds is 5. The van der Waals surface area contributed by atoms with Gasteiger partial charge in [0.05, 0.1) is 0 Å². The molecule has 0 saturated carbocycles. The summed E-state index contributed by atoms with van der Waals surface area (Å²) in [6, 6.07) is 0. The van der Waals surface area contributed by atoms with Crippen LogP contribution in [0.1, 0.15) is 46.5 Å². The van der Waals surface area contributed by atoms with E-state index in [1.807, 2.05) is 20.8 Å². The number of nitrogens with zero attached hydrogens (tertiary/aromatic N) is 1. The molecule has 0 unspecified atom stereocenters. The van der Waals surface area contributed by atoms with Gasteiger partial charge < -0.3 is 5.11 Å². The van der Waals surface area contributed by atoms with E-state index in [2.05, 4.69) is 4.72 Å². The summed E-state index contributed by atoms with van der Waals surface area (Å²) in [5.74, 6) is -0.471. The van der Waals surface area contributed by atoms with E-state index in [1.165, 1.54) is 4.31 Å². The Morgan fingerprint density at radius 1 is 1.32 bits per heavy atom. The van der Waals surface area contributed by atoms with Gasteiger partial charge in [0.15, 0.2) is 0 Å². The van der Waals surface area contributed by atoms with Gasteiger partial charge in [0.1, 0.15) is 0 Å². The van der Waals surface area contributed by atoms with Gasteiger partial charge in [-0.25, -0.2) is 0 Å². The molecule has 1 fully saturated rings. The number of aliphatic carboxylic acids is 1. The predicted octanol–water partition coefficient (Wildman–Crippen LogP) is 1.20. The Morgan fingerprint density at radius 2 is 1.84 bits per heavy atom. The van der Waals surface area contributed by atoms with Crippen LogP contribution in [0.3, 0.4) is 0 Å². The summed E-state index contributed by atoms with van der Waals surface area (Å²) >= 11 is 0. The Hall–Kier alpha value is -0.660. The van der Waals surface area contributed by atoms with Crippen molar-refractivity contribution in [3.8, 4) is 0 Å². The second-order valence-electron chi connectivity index (χ2n) is 6.13. The smallest absolute Gasteiger partial charge is 0.303 e. The van der Waals surface area contributed by atoms with E-state index in [0.717, 1.165) is 12.8 Å². The molecule has 0 bridgehead atoms. The summed E-state index contributed by atoms with van der Waals surface area (Å²) in [5, 5.41) is 8.64. The van der Waals surface area contributed by atoms with Crippen molar-refractivity contribution < 1.29 is 18.3 Å². The highest BCUT2D eigenvalue weighted by Gasteiger charge is 2.30. The molecule has 112 valence electrons. The molecule has 1 aliphatic heterocycles. The van der Waals surface area contributed by atoms with Gasteiger partial charge in [-0.3, -0.25) is 4.79 Å². The topological polar surface area (TPSA) is 86.7 Å². The van der Waals surface area contributed by atoms with Crippen molar-refractivity contribution in [2.24, 2.45) is 5.92 Å². The molecule has 19 heavy (non-hydrogen) atoms. The van der Waals surface area contributed by atoms with E-state index in [-0.39, 0.29) is 6.42 Å². The fourth-order valence-electron chi connectivity index (χ4n) is 2.22. The fourth-order valence-corrected chi connectivity index (χ4v) is 3.81. The molecule has 1 heterocycles. The zero-order valence-electron chi connectivity index (χ0n) is 11.8. The minimum Gasteiger partial charge on any atom is -0.481 e. The SMILES string of the molecule is CC(C)(C)NS(=O)(=O)N1CCC(CCC(=O)O)CC1. The van der Waals surface area contributed by atoms with Gasteiger partial charge in [-0.05, 0) is 46.0 Å². The first-order valence-corrected chi connectivity index (χ1v) is 8.05. The molecule has 1 aliphatic rings. The molecule has 6 nitrogen and oxygen atoms in total. The van der Waals surface area contributed by atoms with E-state index >= 15 is 0 Å². The van der Waals surface area contributed by atoms with E-state index in [4.69, 9.17) is 5.11 Å². The molecule has 0 aliphatic carbocycles. The molecule has 7 heteroatoms. The number of piperidine rings is 1. The largest absolute Gasteiger partial charge is 0.481 e. The molecule has 0 aromatic carbocycles. The van der Waals surface area contributed by atoms with Gasteiger partial charge in [-0.2, -0.15) is 17.4 Å². The second kappa shape index (κ2) is 6.19. The Kier molecular flexibility index (Phi) is 5.34. The number of carboxylic acid groups (broad SMARTS) is 1. The zero-order valence-corrected chi connectivity index (χ0v) is 12.7. The van der Waals surface area contributed by atoms with Crippen molar-refractivity contribution in [2.75, 3.05) is 13.1 Å². The molecule has 0 amide bonds. The Labute approximate surface area is 115 Å². The quantitative estimate of drug-likeness (QED) is 0.797. The molecule has 2 N–H and O–H groups in total. The predicted molar refractivity (Wildman–Crippen MR) is 73.0 cm³/mol. The Morgan fingerprint density at radius 3 is 2.26 bits per heavy atom. The van der Waals surface area contributed by atoms with Crippen LogP contribution in [0.2, 0.25) is 0 Å². The van der Waals surface area contributed by atoms with Crippen LogP contribution >= 0.6 is 0 Å². The van der Waals surface area contributed by atoms with Crippen molar-refractivity contribution >= 4 is 16.2 Å². The third-order valence-corrected chi connectivity index (χ3v) is 5.03. The minimum atomic E-state index is -3.43. The van der Waals surface area contributed by atoms with Crippen LogP contribution in [0.4, 0.5) is 0 Å². The minimum absolute atomic E-state index is 0.164.